The van der Waals surface area contributed by atoms with Gasteiger partial charge in [-0.2, -0.15) is 0 Å². The van der Waals surface area contributed by atoms with E-state index in [1.54, 1.807) is 36.4 Å². The highest BCUT2D eigenvalue weighted by Crippen LogP contribution is 2.45. The molecule has 1 unspecified atom stereocenters. The minimum absolute atomic E-state index is 0.0136. The number of thiophene rings is 1. The molecule has 1 N–H and O–H groups in total. The van der Waals surface area contributed by atoms with Gasteiger partial charge in [0, 0.05) is 21.7 Å². The maximum atomic E-state index is 13.2. The summed E-state index contributed by atoms with van der Waals surface area (Å²) >= 11 is 7.59. The molecule has 1 saturated heterocycles. The fourth-order valence-electron chi connectivity index (χ4n) is 3.78. The van der Waals surface area contributed by atoms with Crippen LogP contribution in [0.25, 0.3) is 5.76 Å². The molecule has 2 aromatic carbocycles. The Balaban J connectivity index is 1.96. The number of benzene rings is 2. The SMILES string of the molecule is COc1ccc(/C(O)=C2/C(=O)C(=O)N(c3cc(Cl)ccc3C)C2c2cccs2)c(OC)c1. The summed E-state index contributed by atoms with van der Waals surface area (Å²) in [6.07, 6.45) is 0. The Morgan fingerprint density at radius 1 is 1.09 bits per heavy atom. The number of aliphatic hydroxyl groups excluding tert-OH is 1. The molecular weight excluding hydrogens is 450 g/mol. The molecule has 1 atom stereocenters. The van der Waals surface area contributed by atoms with Gasteiger partial charge in [0.2, 0.25) is 0 Å². The largest absolute Gasteiger partial charge is 0.507 e. The molecule has 2 heterocycles. The predicted octanol–water partition coefficient (Wildman–Crippen LogP) is 5.35. The highest BCUT2D eigenvalue weighted by molar-refractivity contribution is 7.10. The molecule has 4 rings (SSSR count). The number of halogens is 1. The first-order valence-electron chi connectivity index (χ1n) is 9.70. The number of aliphatic hydroxyl groups is 1. The third-order valence-corrected chi connectivity index (χ3v) is 6.51. The van der Waals surface area contributed by atoms with Gasteiger partial charge >= 0.3 is 0 Å². The number of carbonyl (C=O) groups excluding carboxylic acids is 2. The van der Waals surface area contributed by atoms with Gasteiger partial charge in [-0.3, -0.25) is 14.5 Å². The minimum atomic E-state index is -0.807. The standard InChI is InChI=1S/C24H20ClNO5S/c1-13-6-7-14(25)11-17(13)26-21(19-5-4-10-32-19)20(23(28)24(26)29)22(27)16-9-8-15(30-2)12-18(16)31-3/h4-12,21,27H,1-3H3/b22-20-. The van der Waals surface area contributed by atoms with Crippen LogP contribution in [0.2, 0.25) is 5.02 Å². The van der Waals surface area contributed by atoms with Crippen LogP contribution in [-0.2, 0) is 9.59 Å². The van der Waals surface area contributed by atoms with Crippen LogP contribution in [0.15, 0.2) is 59.5 Å². The van der Waals surface area contributed by atoms with E-state index in [0.29, 0.717) is 22.2 Å². The first kappa shape index (κ1) is 21.9. The first-order chi connectivity index (χ1) is 15.4. The number of aryl methyl sites for hydroxylation is 1. The second-order valence-corrected chi connectivity index (χ2v) is 8.60. The van der Waals surface area contributed by atoms with Gasteiger partial charge < -0.3 is 14.6 Å². The molecule has 1 amide bonds. The van der Waals surface area contributed by atoms with Crippen molar-refractivity contribution in [2.75, 3.05) is 19.1 Å². The van der Waals surface area contributed by atoms with E-state index in [2.05, 4.69) is 0 Å². The Morgan fingerprint density at radius 2 is 1.88 bits per heavy atom. The van der Waals surface area contributed by atoms with E-state index in [0.717, 1.165) is 10.4 Å². The number of rotatable bonds is 5. The van der Waals surface area contributed by atoms with Crippen molar-refractivity contribution < 1.29 is 24.2 Å². The van der Waals surface area contributed by atoms with E-state index in [4.69, 9.17) is 21.1 Å². The van der Waals surface area contributed by atoms with Crippen molar-refractivity contribution >= 4 is 46.1 Å². The van der Waals surface area contributed by atoms with Gasteiger partial charge in [-0.05, 0) is 48.2 Å². The lowest BCUT2D eigenvalue weighted by Gasteiger charge is -2.26. The summed E-state index contributed by atoms with van der Waals surface area (Å²) in [6.45, 7) is 1.84. The highest BCUT2D eigenvalue weighted by atomic mass is 35.5. The van der Waals surface area contributed by atoms with Crippen molar-refractivity contribution in [1.82, 2.24) is 0 Å². The second kappa shape index (κ2) is 8.68. The fourth-order valence-corrected chi connectivity index (χ4v) is 4.77. The molecule has 0 bridgehead atoms. The summed E-state index contributed by atoms with van der Waals surface area (Å²) in [6, 6.07) is 12.9. The summed E-state index contributed by atoms with van der Waals surface area (Å²) in [5.74, 6) is -0.982. The molecule has 3 aromatic rings. The summed E-state index contributed by atoms with van der Waals surface area (Å²) in [4.78, 5) is 28.6. The topological polar surface area (TPSA) is 76.1 Å². The van der Waals surface area contributed by atoms with E-state index in [1.165, 1.54) is 30.5 Å². The lowest BCUT2D eigenvalue weighted by Crippen LogP contribution is -2.29. The molecule has 1 fully saturated rings. The van der Waals surface area contributed by atoms with Crippen LogP contribution in [-0.4, -0.2) is 31.0 Å². The van der Waals surface area contributed by atoms with Gasteiger partial charge in [0.1, 0.15) is 23.3 Å². The second-order valence-electron chi connectivity index (χ2n) is 7.18. The molecule has 0 radical (unpaired) electrons. The number of hydrogen-bond acceptors (Lipinski definition) is 6. The number of carbonyl (C=O) groups is 2. The monoisotopic (exact) mass is 469 g/mol. The van der Waals surface area contributed by atoms with Crippen molar-refractivity contribution in [3.8, 4) is 11.5 Å². The van der Waals surface area contributed by atoms with Crippen LogP contribution in [0.4, 0.5) is 5.69 Å². The molecule has 0 aliphatic carbocycles. The van der Waals surface area contributed by atoms with Crippen molar-refractivity contribution in [2.24, 2.45) is 0 Å². The van der Waals surface area contributed by atoms with Gasteiger partial charge in [-0.15, -0.1) is 11.3 Å². The molecule has 164 valence electrons. The van der Waals surface area contributed by atoms with E-state index >= 15 is 0 Å². The molecule has 8 heteroatoms. The molecule has 0 saturated carbocycles. The van der Waals surface area contributed by atoms with Crippen molar-refractivity contribution in [3.05, 3.63) is 80.5 Å². The zero-order valence-electron chi connectivity index (χ0n) is 17.6. The third kappa shape index (κ3) is 3.63. The number of hydrogen-bond donors (Lipinski definition) is 1. The third-order valence-electron chi connectivity index (χ3n) is 5.35. The smallest absolute Gasteiger partial charge is 0.300 e. The summed E-state index contributed by atoms with van der Waals surface area (Å²) < 4.78 is 10.6. The molecule has 1 aliphatic rings. The van der Waals surface area contributed by atoms with Gasteiger partial charge in [-0.25, -0.2) is 0 Å². The van der Waals surface area contributed by atoms with E-state index in [-0.39, 0.29) is 16.9 Å². The number of nitrogens with zero attached hydrogens (tertiary/aromatic N) is 1. The molecule has 0 spiro atoms. The van der Waals surface area contributed by atoms with Crippen molar-refractivity contribution in [2.45, 2.75) is 13.0 Å². The maximum absolute atomic E-state index is 13.2. The summed E-state index contributed by atoms with van der Waals surface area (Å²) in [7, 11) is 2.97. The minimum Gasteiger partial charge on any atom is -0.507 e. The van der Waals surface area contributed by atoms with Gasteiger partial charge in [-0.1, -0.05) is 23.7 Å². The first-order valence-corrected chi connectivity index (χ1v) is 11.0. The van der Waals surface area contributed by atoms with Crippen LogP contribution in [0.1, 0.15) is 22.0 Å². The zero-order valence-corrected chi connectivity index (χ0v) is 19.2. The fraction of sp³-hybridized carbons (Fsp3) is 0.167. The lowest BCUT2D eigenvalue weighted by molar-refractivity contribution is -0.132. The number of ether oxygens (including phenoxy) is 2. The van der Waals surface area contributed by atoms with Crippen LogP contribution < -0.4 is 14.4 Å². The normalized spacial score (nSPS) is 17.6. The Morgan fingerprint density at radius 3 is 2.53 bits per heavy atom. The molecule has 6 nitrogen and oxygen atoms in total. The average molecular weight is 470 g/mol. The van der Waals surface area contributed by atoms with Crippen LogP contribution in [0.5, 0.6) is 11.5 Å². The number of Topliss-reactive ketones (excluding diaryl/α,β-unsaturated/α-hetero) is 1. The van der Waals surface area contributed by atoms with E-state index in [1.807, 2.05) is 24.4 Å². The molecule has 1 aliphatic heterocycles. The highest BCUT2D eigenvalue weighted by Gasteiger charge is 2.48. The van der Waals surface area contributed by atoms with Gasteiger partial charge in [0.05, 0.1) is 25.4 Å². The molecular formula is C24H20ClNO5S. The molecule has 32 heavy (non-hydrogen) atoms. The van der Waals surface area contributed by atoms with Crippen LogP contribution >= 0.6 is 22.9 Å². The van der Waals surface area contributed by atoms with Crippen LogP contribution in [0.3, 0.4) is 0 Å². The Kier molecular flexibility index (Phi) is 5.95. The summed E-state index contributed by atoms with van der Waals surface area (Å²) in [5.41, 5.74) is 1.56. The number of ketones is 1. The van der Waals surface area contributed by atoms with Crippen LogP contribution in [0, 0.1) is 6.92 Å². The number of methoxy groups -OCH3 is 2. The number of anilines is 1. The Hall–Kier alpha value is -3.29. The average Bonchev–Trinajstić information content (AvgIpc) is 3.41. The van der Waals surface area contributed by atoms with Crippen molar-refractivity contribution in [3.63, 3.8) is 0 Å². The molecule has 1 aromatic heterocycles. The zero-order chi connectivity index (χ0) is 23.0. The Labute approximate surface area is 194 Å². The quantitative estimate of drug-likeness (QED) is 0.309. The van der Waals surface area contributed by atoms with E-state index < -0.39 is 17.7 Å². The lowest BCUT2D eigenvalue weighted by atomic mass is 9.99. The Bertz CT molecular complexity index is 1240. The van der Waals surface area contributed by atoms with Crippen molar-refractivity contribution in [1.29, 1.82) is 0 Å². The summed E-state index contributed by atoms with van der Waals surface area (Å²) in [5, 5.41) is 13.6. The van der Waals surface area contributed by atoms with Gasteiger partial charge in [0.15, 0.2) is 0 Å². The maximum Gasteiger partial charge on any atom is 0.300 e. The predicted molar refractivity (Wildman–Crippen MR) is 125 cm³/mol. The van der Waals surface area contributed by atoms with Gasteiger partial charge in [0.25, 0.3) is 11.7 Å². The number of amides is 1. The van der Waals surface area contributed by atoms with E-state index in [9.17, 15) is 14.7 Å².